The van der Waals surface area contributed by atoms with E-state index in [4.69, 9.17) is 4.74 Å². The third-order valence-corrected chi connectivity index (χ3v) is 6.75. The van der Waals surface area contributed by atoms with Gasteiger partial charge in [-0.25, -0.2) is 0 Å². The number of aliphatic hydroxyl groups excluding tert-OH is 1. The molecule has 184 valence electrons. The zero-order valence-electron chi connectivity index (χ0n) is 22.5. The molecule has 0 radical (unpaired) electrons. The van der Waals surface area contributed by atoms with Crippen LogP contribution in [-0.2, 0) is 4.74 Å². The molecular formula is C30H52O2. The Morgan fingerprint density at radius 2 is 1.25 bits per heavy atom. The summed E-state index contributed by atoms with van der Waals surface area (Å²) in [6.45, 7) is 17.4. The van der Waals surface area contributed by atoms with Gasteiger partial charge in [0.05, 0.1) is 17.3 Å². The Hall–Kier alpha value is -1.12. The maximum Gasteiger partial charge on any atom is 0.0919 e. The molecule has 0 bridgehead atoms. The normalized spacial score (nSPS) is 23.2. The van der Waals surface area contributed by atoms with E-state index in [1.54, 1.807) is 0 Å². The number of allylic oxidation sites excluding steroid dienone is 8. The molecule has 0 spiro atoms. The average Bonchev–Trinajstić information content (AvgIpc) is 2.68. The highest BCUT2D eigenvalue weighted by molar-refractivity contribution is 5.06. The summed E-state index contributed by atoms with van der Waals surface area (Å²) in [5.41, 5.74) is 5.26. The van der Waals surface area contributed by atoms with E-state index < -0.39 is 11.7 Å². The van der Waals surface area contributed by atoms with Crippen molar-refractivity contribution in [3.63, 3.8) is 0 Å². The van der Waals surface area contributed by atoms with Crippen LogP contribution in [0.25, 0.3) is 0 Å². The van der Waals surface area contributed by atoms with E-state index in [2.05, 4.69) is 79.7 Å². The molecule has 32 heavy (non-hydrogen) atoms. The van der Waals surface area contributed by atoms with Crippen LogP contribution >= 0.6 is 0 Å². The lowest BCUT2D eigenvalue weighted by atomic mass is 9.82. The molecule has 1 saturated heterocycles. The highest BCUT2D eigenvalue weighted by Gasteiger charge is 2.41. The minimum Gasteiger partial charge on any atom is -0.390 e. The Kier molecular flexibility index (Phi) is 12.8. The predicted molar refractivity (Wildman–Crippen MR) is 141 cm³/mol. The second kappa shape index (κ2) is 14.2. The van der Waals surface area contributed by atoms with E-state index in [-0.39, 0.29) is 5.60 Å². The van der Waals surface area contributed by atoms with Crippen molar-refractivity contribution >= 4 is 0 Å². The Labute approximate surface area is 199 Å². The van der Waals surface area contributed by atoms with Crippen molar-refractivity contribution in [1.29, 1.82) is 0 Å². The lowest BCUT2D eigenvalue weighted by Gasteiger charge is -2.46. The monoisotopic (exact) mass is 444 g/mol. The maximum absolute atomic E-state index is 10.8. The van der Waals surface area contributed by atoms with E-state index in [0.29, 0.717) is 0 Å². The van der Waals surface area contributed by atoms with Gasteiger partial charge in [-0.2, -0.15) is 0 Å². The van der Waals surface area contributed by atoms with Gasteiger partial charge in [0.15, 0.2) is 0 Å². The zero-order valence-corrected chi connectivity index (χ0v) is 22.5. The quantitative estimate of drug-likeness (QED) is 0.227. The summed E-state index contributed by atoms with van der Waals surface area (Å²) in [4.78, 5) is 0. The lowest BCUT2D eigenvalue weighted by molar-refractivity contribution is -0.208. The number of hydrogen-bond donors (Lipinski definition) is 1. The molecule has 0 aromatic heterocycles. The first kappa shape index (κ1) is 28.9. The molecule has 0 aliphatic carbocycles. The van der Waals surface area contributed by atoms with Crippen LogP contribution in [0, 0.1) is 0 Å². The van der Waals surface area contributed by atoms with Crippen LogP contribution in [0.3, 0.4) is 0 Å². The van der Waals surface area contributed by atoms with E-state index >= 15 is 0 Å². The second-order valence-electron chi connectivity index (χ2n) is 11.2. The highest BCUT2D eigenvalue weighted by atomic mass is 16.5. The van der Waals surface area contributed by atoms with Gasteiger partial charge in [-0.3, -0.25) is 0 Å². The van der Waals surface area contributed by atoms with Gasteiger partial charge in [0.1, 0.15) is 0 Å². The van der Waals surface area contributed by atoms with Gasteiger partial charge in [0.25, 0.3) is 0 Å². The van der Waals surface area contributed by atoms with Gasteiger partial charge < -0.3 is 9.84 Å². The molecule has 1 N–H and O–H groups in total. The summed E-state index contributed by atoms with van der Waals surface area (Å²) >= 11 is 0. The van der Waals surface area contributed by atoms with Crippen molar-refractivity contribution in [3.05, 3.63) is 46.6 Å². The first-order valence-electron chi connectivity index (χ1n) is 12.9. The summed E-state index contributed by atoms with van der Waals surface area (Å²) in [6, 6.07) is 0. The van der Waals surface area contributed by atoms with E-state index in [1.807, 2.05) is 0 Å². The van der Waals surface area contributed by atoms with Crippen LogP contribution in [0.15, 0.2) is 46.6 Å². The topological polar surface area (TPSA) is 29.5 Å². The smallest absolute Gasteiger partial charge is 0.0919 e. The molecule has 1 fully saturated rings. The van der Waals surface area contributed by atoms with Gasteiger partial charge in [-0.1, -0.05) is 46.6 Å². The molecule has 2 nitrogen and oxygen atoms in total. The van der Waals surface area contributed by atoms with Gasteiger partial charge in [-0.15, -0.1) is 0 Å². The minimum atomic E-state index is -0.402. The van der Waals surface area contributed by atoms with Gasteiger partial charge >= 0.3 is 0 Å². The van der Waals surface area contributed by atoms with Crippen LogP contribution < -0.4 is 0 Å². The molecule has 2 heteroatoms. The number of unbranched alkanes of at least 4 members (excludes halogenated alkanes) is 1. The van der Waals surface area contributed by atoms with Crippen molar-refractivity contribution < 1.29 is 9.84 Å². The summed E-state index contributed by atoms with van der Waals surface area (Å²) in [5.74, 6) is 0. The second-order valence-corrected chi connectivity index (χ2v) is 11.2. The standard InChI is InChI=1S/C30H52O2/c1-24(2)14-11-17-26(4)19-12-18-25(3)15-9-10-16-27(5)20-21-28(31)30(8)23-13-22-29(6,7)32-30/h14-16,19,28,31H,9-13,17-18,20-23H2,1-8H3/b25-15+,26-19+,27-16+/t28-,30+/m0/s1. The molecule has 1 heterocycles. The van der Waals surface area contributed by atoms with Crippen LogP contribution in [0.4, 0.5) is 0 Å². The maximum atomic E-state index is 10.8. The van der Waals surface area contributed by atoms with E-state index in [9.17, 15) is 5.11 Å². The average molecular weight is 445 g/mol. The molecule has 1 rings (SSSR count). The van der Waals surface area contributed by atoms with Crippen LogP contribution in [0.2, 0.25) is 0 Å². The minimum absolute atomic E-state index is 0.122. The molecule has 0 aromatic carbocycles. The van der Waals surface area contributed by atoms with Crippen LogP contribution in [0.1, 0.15) is 126 Å². The Balaban J connectivity index is 2.30. The molecule has 0 saturated carbocycles. The molecule has 1 aliphatic rings. The van der Waals surface area contributed by atoms with Crippen molar-refractivity contribution in [1.82, 2.24) is 0 Å². The number of ether oxygens (including phenoxy) is 1. The van der Waals surface area contributed by atoms with Crippen molar-refractivity contribution in [2.45, 2.75) is 143 Å². The molecule has 0 aromatic rings. The van der Waals surface area contributed by atoms with Crippen LogP contribution in [-0.4, -0.2) is 22.4 Å². The largest absolute Gasteiger partial charge is 0.390 e. The lowest BCUT2D eigenvalue weighted by Crippen LogP contribution is -2.50. The Bertz CT molecular complexity index is 673. The molecular weight excluding hydrogens is 392 g/mol. The molecule has 1 aliphatic heterocycles. The fourth-order valence-electron chi connectivity index (χ4n) is 4.60. The van der Waals surface area contributed by atoms with Crippen molar-refractivity contribution in [3.8, 4) is 0 Å². The SMILES string of the molecule is CC(C)=CCC/C(C)=C/CC/C(C)=C/CC/C=C(\C)CC[C@H](O)[C@@]1(C)CCCC(C)(C)O1. The Morgan fingerprint density at radius 1 is 0.750 bits per heavy atom. The number of hydrogen-bond acceptors (Lipinski definition) is 2. The predicted octanol–water partition coefficient (Wildman–Crippen LogP) is 9.01. The summed E-state index contributed by atoms with van der Waals surface area (Å²) in [6.07, 6.45) is 20.8. The fraction of sp³-hybridized carbons (Fsp3) is 0.733. The first-order chi connectivity index (χ1) is 14.9. The summed E-state index contributed by atoms with van der Waals surface area (Å²) < 4.78 is 6.27. The molecule has 2 atom stereocenters. The zero-order chi connectivity index (χ0) is 24.2. The van der Waals surface area contributed by atoms with Crippen molar-refractivity contribution in [2.24, 2.45) is 0 Å². The van der Waals surface area contributed by atoms with E-state index in [0.717, 1.165) is 64.2 Å². The summed E-state index contributed by atoms with van der Waals surface area (Å²) in [7, 11) is 0. The van der Waals surface area contributed by atoms with Crippen molar-refractivity contribution in [2.75, 3.05) is 0 Å². The van der Waals surface area contributed by atoms with Gasteiger partial charge in [-0.05, 0) is 126 Å². The number of rotatable bonds is 13. The Morgan fingerprint density at radius 3 is 1.78 bits per heavy atom. The first-order valence-corrected chi connectivity index (χ1v) is 12.9. The molecule has 0 unspecified atom stereocenters. The number of aliphatic hydroxyl groups is 1. The molecule has 0 amide bonds. The fourth-order valence-corrected chi connectivity index (χ4v) is 4.60. The van der Waals surface area contributed by atoms with Gasteiger partial charge in [0.2, 0.25) is 0 Å². The third kappa shape index (κ3) is 12.2. The van der Waals surface area contributed by atoms with Crippen LogP contribution in [0.5, 0.6) is 0 Å². The van der Waals surface area contributed by atoms with E-state index in [1.165, 1.54) is 28.7 Å². The highest BCUT2D eigenvalue weighted by Crippen LogP contribution is 2.38. The summed E-state index contributed by atoms with van der Waals surface area (Å²) in [5, 5.41) is 10.8. The third-order valence-electron chi connectivity index (χ3n) is 6.75. The van der Waals surface area contributed by atoms with Gasteiger partial charge in [0, 0.05) is 0 Å².